The highest BCUT2D eigenvalue weighted by molar-refractivity contribution is 6.30. The Bertz CT molecular complexity index is 475. The van der Waals surface area contributed by atoms with Gasteiger partial charge in [0.15, 0.2) is 0 Å². The Kier molecular flexibility index (Phi) is 6.52. The fraction of sp³-hybridized carbons (Fsp3) is 0.467. The van der Waals surface area contributed by atoms with Crippen LogP contribution in [-0.2, 0) is 9.59 Å². The van der Waals surface area contributed by atoms with E-state index >= 15 is 0 Å². The number of rotatable bonds is 6. The number of benzene rings is 1. The zero-order chi connectivity index (χ0) is 15.1. The summed E-state index contributed by atoms with van der Waals surface area (Å²) in [5.74, 6) is 0.256. The molecule has 0 bridgehead atoms. The van der Waals surface area contributed by atoms with E-state index in [9.17, 15) is 9.59 Å². The van der Waals surface area contributed by atoms with E-state index in [4.69, 9.17) is 11.6 Å². The molecule has 0 saturated carbocycles. The van der Waals surface area contributed by atoms with Crippen molar-refractivity contribution in [3.63, 3.8) is 0 Å². The molecule has 4 nitrogen and oxygen atoms in total. The van der Waals surface area contributed by atoms with Gasteiger partial charge in [0.1, 0.15) is 0 Å². The average molecular weight is 297 g/mol. The topological polar surface area (TPSA) is 49.4 Å². The van der Waals surface area contributed by atoms with E-state index in [1.165, 1.54) is 6.92 Å². The van der Waals surface area contributed by atoms with Gasteiger partial charge >= 0.3 is 0 Å². The second kappa shape index (κ2) is 7.90. The molecule has 110 valence electrons. The van der Waals surface area contributed by atoms with Crippen LogP contribution in [0.4, 0.5) is 5.69 Å². The standard InChI is InChI=1S/C15H21ClN2O2/c1-11(2)10-18(12(3)19)8-7-15(20)17-14-6-4-5-13(16)9-14/h4-6,9,11H,7-8,10H2,1-3H3,(H,17,20). The third-order valence-electron chi connectivity index (χ3n) is 2.75. The van der Waals surface area contributed by atoms with Crippen LogP contribution in [-0.4, -0.2) is 29.8 Å². The molecule has 0 aliphatic carbocycles. The number of hydrogen-bond acceptors (Lipinski definition) is 2. The molecule has 0 aliphatic heterocycles. The maximum atomic E-state index is 11.8. The fourth-order valence-electron chi connectivity index (χ4n) is 1.84. The van der Waals surface area contributed by atoms with Gasteiger partial charge in [-0.05, 0) is 24.1 Å². The largest absolute Gasteiger partial charge is 0.342 e. The molecule has 20 heavy (non-hydrogen) atoms. The molecule has 0 aromatic heterocycles. The number of carbonyl (C=O) groups excluding carboxylic acids is 2. The van der Waals surface area contributed by atoms with Crippen LogP contribution in [0.5, 0.6) is 0 Å². The lowest BCUT2D eigenvalue weighted by molar-refractivity contribution is -0.129. The molecule has 0 heterocycles. The molecule has 5 heteroatoms. The van der Waals surface area contributed by atoms with Crippen molar-refractivity contribution in [2.75, 3.05) is 18.4 Å². The number of carbonyl (C=O) groups is 2. The van der Waals surface area contributed by atoms with Gasteiger partial charge in [0.2, 0.25) is 11.8 Å². The highest BCUT2D eigenvalue weighted by atomic mass is 35.5. The summed E-state index contributed by atoms with van der Waals surface area (Å²) in [6, 6.07) is 6.99. The van der Waals surface area contributed by atoms with Crippen molar-refractivity contribution in [3.05, 3.63) is 29.3 Å². The highest BCUT2D eigenvalue weighted by Gasteiger charge is 2.12. The van der Waals surface area contributed by atoms with Gasteiger partial charge in [-0.15, -0.1) is 0 Å². The van der Waals surface area contributed by atoms with Gasteiger partial charge in [0, 0.05) is 37.1 Å². The fourth-order valence-corrected chi connectivity index (χ4v) is 2.03. The summed E-state index contributed by atoms with van der Waals surface area (Å²) in [6.45, 7) is 6.71. The van der Waals surface area contributed by atoms with Crippen LogP contribution in [0.2, 0.25) is 5.02 Å². The predicted molar refractivity (Wildman–Crippen MR) is 81.8 cm³/mol. The molecule has 0 atom stereocenters. The van der Waals surface area contributed by atoms with Gasteiger partial charge in [-0.1, -0.05) is 31.5 Å². The number of nitrogens with one attached hydrogen (secondary N) is 1. The molecule has 0 radical (unpaired) electrons. The maximum absolute atomic E-state index is 11.8. The van der Waals surface area contributed by atoms with Crippen molar-refractivity contribution >= 4 is 29.1 Å². The highest BCUT2D eigenvalue weighted by Crippen LogP contribution is 2.15. The van der Waals surface area contributed by atoms with Crippen LogP contribution in [0.25, 0.3) is 0 Å². The Morgan fingerprint density at radius 3 is 2.60 bits per heavy atom. The Morgan fingerprint density at radius 2 is 2.05 bits per heavy atom. The van der Waals surface area contributed by atoms with Gasteiger partial charge in [-0.25, -0.2) is 0 Å². The smallest absolute Gasteiger partial charge is 0.226 e. The second-order valence-corrected chi connectivity index (χ2v) is 5.60. The van der Waals surface area contributed by atoms with Crippen LogP contribution in [0.15, 0.2) is 24.3 Å². The SMILES string of the molecule is CC(=O)N(CCC(=O)Nc1cccc(Cl)c1)CC(C)C. The van der Waals surface area contributed by atoms with Crippen molar-refractivity contribution < 1.29 is 9.59 Å². The van der Waals surface area contributed by atoms with Crippen molar-refractivity contribution in [3.8, 4) is 0 Å². The van der Waals surface area contributed by atoms with E-state index in [1.54, 1.807) is 29.2 Å². The van der Waals surface area contributed by atoms with Gasteiger partial charge in [0.25, 0.3) is 0 Å². The number of anilines is 1. The number of amides is 2. The summed E-state index contributed by atoms with van der Waals surface area (Å²) >= 11 is 5.85. The van der Waals surface area contributed by atoms with Crippen LogP contribution in [0.1, 0.15) is 27.2 Å². The molecule has 0 spiro atoms. The Balaban J connectivity index is 2.47. The molecule has 1 N–H and O–H groups in total. The molecule has 2 amide bonds. The quantitative estimate of drug-likeness (QED) is 0.876. The van der Waals surface area contributed by atoms with E-state index < -0.39 is 0 Å². The first kappa shape index (κ1) is 16.5. The lowest BCUT2D eigenvalue weighted by atomic mass is 10.2. The van der Waals surface area contributed by atoms with E-state index in [1.807, 2.05) is 13.8 Å². The monoisotopic (exact) mass is 296 g/mol. The molecule has 0 unspecified atom stereocenters. The first-order valence-corrected chi connectivity index (χ1v) is 7.07. The van der Waals surface area contributed by atoms with Crippen molar-refractivity contribution in [2.45, 2.75) is 27.2 Å². The molecule has 1 rings (SSSR count). The third kappa shape index (κ3) is 6.06. The maximum Gasteiger partial charge on any atom is 0.226 e. The van der Waals surface area contributed by atoms with Gasteiger partial charge in [-0.3, -0.25) is 9.59 Å². The summed E-state index contributed by atoms with van der Waals surface area (Å²) in [5, 5.41) is 3.35. The van der Waals surface area contributed by atoms with Gasteiger partial charge in [0.05, 0.1) is 0 Å². The molecule has 0 aliphatic rings. The van der Waals surface area contributed by atoms with Crippen LogP contribution in [0, 0.1) is 5.92 Å². The normalized spacial score (nSPS) is 10.4. The minimum Gasteiger partial charge on any atom is -0.342 e. The van der Waals surface area contributed by atoms with Crippen molar-refractivity contribution in [1.29, 1.82) is 0 Å². The van der Waals surface area contributed by atoms with Crippen LogP contribution in [0.3, 0.4) is 0 Å². The Morgan fingerprint density at radius 1 is 1.35 bits per heavy atom. The average Bonchev–Trinajstić information content (AvgIpc) is 2.33. The number of hydrogen-bond donors (Lipinski definition) is 1. The van der Waals surface area contributed by atoms with Gasteiger partial charge < -0.3 is 10.2 Å². The van der Waals surface area contributed by atoms with E-state index in [0.717, 1.165) is 0 Å². The summed E-state index contributed by atoms with van der Waals surface area (Å²) in [7, 11) is 0. The van der Waals surface area contributed by atoms with Crippen LogP contribution >= 0.6 is 11.6 Å². The summed E-state index contributed by atoms with van der Waals surface area (Å²) < 4.78 is 0. The first-order valence-electron chi connectivity index (χ1n) is 6.69. The number of nitrogens with zero attached hydrogens (tertiary/aromatic N) is 1. The Labute approximate surface area is 125 Å². The second-order valence-electron chi connectivity index (χ2n) is 5.17. The molecule has 0 saturated heterocycles. The lowest BCUT2D eigenvalue weighted by Crippen LogP contribution is -2.34. The first-order chi connectivity index (χ1) is 9.38. The lowest BCUT2D eigenvalue weighted by Gasteiger charge is -2.22. The minimum absolute atomic E-state index is 0.00532. The summed E-state index contributed by atoms with van der Waals surface area (Å²) in [6.07, 6.45) is 0.277. The van der Waals surface area contributed by atoms with E-state index in [0.29, 0.717) is 29.7 Å². The Hall–Kier alpha value is -1.55. The molecule has 1 aromatic rings. The van der Waals surface area contributed by atoms with Gasteiger partial charge in [-0.2, -0.15) is 0 Å². The zero-order valence-electron chi connectivity index (χ0n) is 12.1. The van der Waals surface area contributed by atoms with Crippen molar-refractivity contribution in [1.82, 2.24) is 4.90 Å². The molecule has 1 aromatic carbocycles. The van der Waals surface area contributed by atoms with Crippen molar-refractivity contribution in [2.24, 2.45) is 5.92 Å². The van der Waals surface area contributed by atoms with E-state index in [-0.39, 0.29) is 18.2 Å². The number of halogens is 1. The minimum atomic E-state index is -0.123. The zero-order valence-corrected chi connectivity index (χ0v) is 12.9. The molecule has 0 fully saturated rings. The summed E-state index contributed by atoms with van der Waals surface area (Å²) in [5.41, 5.74) is 0.667. The summed E-state index contributed by atoms with van der Waals surface area (Å²) in [4.78, 5) is 25.0. The van der Waals surface area contributed by atoms with E-state index in [2.05, 4.69) is 5.32 Å². The predicted octanol–water partition coefficient (Wildman–Crippen LogP) is 3.17. The van der Waals surface area contributed by atoms with Crippen LogP contribution < -0.4 is 5.32 Å². The molecular formula is C15H21ClN2O2. The molecular weight excluding hydrogens is 276 g/mol. The third-order valence-corrected chi connectivity index (χ3v) is 2.98.